The van der Waals surface area contributed by atoms with E-state index in [2.05, 4.69) is 13.8 Å². The number of carbonyl (C=O) groups excluding carboxylic acids is 1. The van der Waals surface area contributed by atoms with Crippen molar-refractivity contribution in [2.45, 2.75) is 32.9 Å². The van der Waals surface area contributed by atoms with Crippen LogP contribution < -0.4 is 5.73 Å². The second-order valence-corrected chi connectivity index (χ2v) is 4.06. The molecular weight excluding hydrogens is 202 g/mol. The third kappa shape index (κ3) is 4.03. The predicted octanol–water partition coefficient (Wildman–Crippen LogP) is 2.56. The normalized spacial score (nSPS) is 14.2. The molecule has 0 radical (unpaired) electrons. The molecule has 1 aromatic carbocycles. The molecule has 1 rings (SSSR count). The molecule has 3 nitrogen and oxygen atoms in total. The van der Waals surface area contributed by atoms with E-state index < -0.39 is 6.23 Å². The fraction of sp³-hybridized carbons (Fsp3) is 0.462. The van der Waals surface area contributed by atoms with Crippen molar-refractivity contribution in [2.24, 2.45) is 11.7 Å². The molecule has 0 aliphatic heterocycles. The summed E-state index contributed by atoms with van der Waals surface area (Å²) in [5.41, 5.74) is 6.29. The van der Waals surface area contributed by atoms with Crippen molar-refractivity contribution in [2.75, 3.05) is 0 Å². The Hall–Kier alpha value is -1.35. The van der Waals surface area contributed by atoms with Gasteiger partial charge in [-0.1, -0.05) is 38.5 Å². The highest BCUT2D eigenvalue weighted by atomic mass is 16.6. The molecule has 88 valence electrons. The van der Waals surface area contributed by atoms with Gasteiger partial charge in [-0.2, -0.15) is 0 Å². The number of ether oxygens (including phenoxy) is 1. The van der Waals surface area contributed by atoms with Gasteiger partial charge in [-0.05, 0) is 18.1 Å². The zero-order valence-corrected chi connectivity index (χ0v) is 9.85. The Morgan fingerprint density at radius 3 is 2.56 bits per heavy atom. The largest absolute Gasteiger partial charge is 0.443 e. The van der Waals surface area contributed by atoms with Crippen LogP contribution in [-0.4, -0.2) is 12.2 Å². The third-order valence-electron chi connectivity index (χ3n) is 2.60. The van der Waals surface area contributed by atoms with Gasteiger partial charge in [0.2, 0.25) is 0 Å². The number of benzene rings is 1. The summed E-state index contributed by atoms with van der Waals surface area (Å²) in [7, 11) is 0. The van der Waals surface area contributed by atoms with Crippen molar-refractivity contribution in [3.8, 4) is 0 Å². The van der Waals surface area contributed by atoms with Crippen LogP contribution in [0.1, 0.15) is 37.0 Å². The van der Waals surface area contributed by atoms with Crippen LogP contribution in [0.5, 0.6) is 0 Å². The van der Waals surface area contributed by atoms with Gasteiger partial charge in [-0.25, -0.2) is 4.79 Å². The Labute approximate surface area is 96.6 Å². The summed E-state index contributed by atoms with van der Waals surface area (Å²) in [6.45, 7) is 4.19. The van der Waals surface area contributed by atoms with E-state index in [1.165, 1.54) is 0 Å². The van der Waals surface area contributed by atoms with Crippen LogP contribution in [0.15, 0.2) is 30.3 Å². The van der Waals surface area contributed by atoms with E-state index in [0.29, 0.717) is 17.9 Å². The molecule has 0 aliphatic rings. The van der Waals surface area contributed by atoms with E-state index in [1.807, 2.05) is 6.07 Å². The van der Waals surface area contributed by atoms with E-state index in [1.54, 1.807) is 24.3 Å². The van der Waals surface area contributed by atoms with Gasteiger partial charge in [-0.3, -0.25) is 5.73 Å². The van der Waals surface area contributed by atoms with Crippen LogP contribution in [-0.2, 0) is 4.74 Å². The van der Waals surface area contributed by atoms with Crippen molar-refractivity contribution in [1.29, 1.82) is 0 Å². The van der Waals surface area contributed by atoms with Crippen LogP contribution in [0, 0.1) is 5.92 Å². The first-order valence-corrected chi connectivity index (χ1v) is 5.65. The molecule has 3 heteroatoms. The highest BCUT2D eigenvalue weighted by Crippen LogP contribution is 2.11. The molecule has 0 heterocycles. The zero-order valence-electron chi connectivity index (χ0n) is 9.85. The monoisotopic (exact) mass is 221 g/mol. The Kier molecular flexibility index (Phi) is 4.99. The number of carbonyl (C=O) groups is 1. The third-order valence-corrected chi connectivity index (χ3v) is 2.60. The maximum absolute atomic E-state index is 11.6. The number of esters is 1. The second-order valence-electron chi connectivity index (χ2n) is 4.06. The zero-order chi connectivity index (χ0) is 12.0. The Bertz CT molecular complexity index is 324. The summed E-state index contributed by atoms with van der Waals surface area (Å²) in [5.74, 6) is 0.120. The predicted molar refractivity (Wildman–Crippen MR) is 63.9 cm³/mol. The van der Waals surface area contributed by atoms with Crippen LogP contribution >= 0.6 is 0 Å². The van der Waals surface area contributed by atoms with Crippen molar-refractivity contribution in [1.82, 2.24) is 0 Å². The molecule has 16 heavy (non-hydrogen) atoms. The number of hydrogen-bond donors (Lipinski definition) is 1. The Morgan fingerprint density at radius 1 is 1.38 bits per heavy atom. The minimum absolute atomic E-state index is 0.351. The Morgan fingerprint density at radius 2 is 2.00 bits per heavy atom. The molecule has 0 saturated heterocycles. The molecule has 2 unspecified atom stereocenters. The fourth-order valence-corrected chi connectivity index (χ4v) is 1.39. The first-order valence-electron chi connectivity index (χ1n) is 5.65. The van der Waals surface area contributed by atoms with Gasteiger partial charge in [0.25, 0.3) is 0 Å². The molecule has 0 amide bonds. The highest BCUT2D eigenvalue weighted by molar-refractivity contribution is 5.89. The molecule has 0 spiro atoms. The average molecular weight is 221 g/mol. The van der Waals surface area contributed by atoms with Gasteiger partial charge < -0.3 is 4.74 Å². The van der Waals surface area contributed by atoms with Gasteiger partial charge in [0.05, 0.1) is 5.56 Å². The van der Waals surface area contributed by atoms with Gasteiger partial charge in [0.1, 0.15) is 0 Å². The standard InChI is InChI=1S/C13H19NO2/c1-3-10(2)9-12(14)16-13(15)11-7-5-4-6-8-11/h4-8,10,12H,3,9,14H2,1-2H3. The Balaban J connectivity index is 2.46. The highest BCUT2D eigenvalue weighted by Gasteiger charge is 2.13. The number of hydrogen-bond acceptors (Lipinski definition) is 3. The summed E-state index contributed by atoms with van der Waals surface area (Å²) in [6.07, 6.45) is 1.23. The minimum atomic E-state index is -0.511. The lowest BCUT2D eigenvalue weighted by Gasteiger charge is -2.16. The molecule has 0 aliphatic carbocycles. The lowest BCUT2D eigenvalue weighted by Crippen LogP contribution is -2.29. The van der Waals surface area contributed by atoms with E-state index in [4.69, 9.17) is 10.5 Å². The average Bonchev–Trinajstić information content (AvgIpc) is 2.29. The molecule has 0 aromatic heterocycles. The molecule has 2 atom stereocenters. The summed E-state index contributed by atoms with van der Waals surface area (Å²) >= 11 is 0. The van der Waals surface area contributed by atoms with Crippen molar-refractivity contribution < 1.29 is 9.53 Å². The van der Waals surface area contributed by atoms with E-state index >= 15 is 0 Å². The summed E-state index contributed by atoms with van der Waals surface area (Å²) in [4.78, 5) is 11.6. The van der Waals surface area contributed by atoms with Gasteiger partial charge in [0.15, 0.2) is 6.23 Å². The molecule has 2 N–H and O–H groups in total. The molecule has 1 aromatic rings. The van der Waals surface area contributed by atoms with Gasteiger partial charge in [0, 0.05) is 6.42 Å². The molecule has 0 saturated carbocycles. The lowest BCUT2D eigenvalue weighted by atomic mass is 10.0. The lowest BCUT2D eigenvalue weighted by molar-refractivity contribution is 0.0263. The van der Waals surface area contributed by atoms with E-state index in [9.17, 15) is 4.79 Å². The minimum Gasteiger partial charge on any atom is -0.443 e. The fourth-order valence-electron chi connectivity index (χ4n) is 1.39. The summed E-state index contributed by atoms with van der Waals surface area (Å²) in [6, 6.07) is 8.90. The van der Waals surface area contributed by atoms with Gasteiger partial charge in [-0.15, -0.1) is 0 Å². The molecular formula is C13H19NO2. The molecule has 0 bridgehead atoms. The van der Waals surface area contributed by atoms with Crippen molar-refractivity contribution in [3.05, 3.63) is 35.9 Å². The summed E-state index contributed by atoms with van der Waals surface area (Å²) < 4.78 is 5.15. The molecule has 0 fully saturated rings. The van der Waals surface area contributed by atoms with Crippen molar-refractivity contribution in [3.63, 3.8) is 0 Å². The van der Waals surface area contributed by atoms with Crippen LogP contribution in [0.2, 0.25) is 0 Å². The summed E-state index contributed by atoms with van der Waals surface area (Å²) in [5, 5.41) is 0. The van der Waals surface area contributed by atoms with Crippen LogP contribution in [0.4, 0.5) is 0 Å². The number of nitrogens with two attached hydrogens (primary N) is 1. The number of rotatable bonds is 5. The van der Waals surface area contributed by atoms with Crippen molar-refractivity contribution >= 4 is 5.97 Å². The quantitative estimate of drug-likeness (QED) is 0.614. The van der Waals surface area contributed by atoms with Gasteiger partial charge >= 0.3 is 5.97 Å². The van der Waals surface area contributed by atoms with E-state index in [-0.39, 0.29) is 5.97 Å². The van der Waals surface area contributed by atoms with Crippen LogP contribution in [0.3, 0.4) is 0 Å². The smallest absolute Gasteiger partial charge is 0.339 e. The first kappa shape index (κ1) is 12.7. The second kappa shape index (κ2) is 6.28. The topological polar surface area (TPSA) is 52.3 Å². The maximum Gasteiger partial charge on any atom is 0.339 e. The maximum atomic E-state index is 11.6. The van der Waals surface area contributed by atoms with E-state index in [0.717, 1.165) is 6.42 Å². The van der Waals surface area contributed by atoms with Crippen LogP contribution in [0.25, 0.3) is 0 Å². The SMILES string of the molecule is CCC(C)CC(N)OC(=O)c1ccccc1. The first-order chi connectivity index (χ1) is 7.63.